The summed E-state index contributed by atoms with van der Waals surface area (Å²) < 4.78 is 4.62. The van der Waals surface area contributed by atoms with E-state index in [1.165, 1.54) is 13.2 Å². The highest BCUT2D eigenvalue weighted by molar-refractivity contribution is 6.42. The van der Waals surface area contributed by atoms with Crippen LogP contribution in [0.5, 0.6) is 0 Å². The number of amides is 1. The zero-order valence-corrected chi connectivity index (χ0v) is 15.0. The maximum Gasteiger partial charge on any atom is 0.307 e. The summed E-state index contributed by atoms with van der Waals surface area (Å²) in [6, 6.07) is 5.14. The Labute approximate surface area is 147 Å². The molecule has 126 valence electrons. The SMILES string of the molecule is COC(=O)CCN(CC(C)C)C(=O)C=Cc1ccc(Cl)c(Cl)c1. The Balaban J connectivity index is 2.76. The summed E-state index contributed by atoms with van der Waals surface area (Å²) in [6.07, 6.45) is 3.32. The Morgan fingerprint density at radius 1 is 1.26 bits per heavy atom. The number of esters is 1. The van der Waals surface area contributed by atoms with Gasteiger partial charge in [-0.05, 0) is 29.7 Å². The first-order chi connectivity index (χ1) is 10.8. The van der Waals surface area contributed by atoms with Gasteiger partial charge in [0.25, 0.3) is 0 Å². The van der Waals surface area contributed by atoms with Crippen LogP contribution in [0, 0.1) is 5.92 Å². The van der Waals surface area contributed by atoms with Gasteiger partial charge in [0, 0.05) is 19.2 Å². The molecule has 0 aromatic heterocycles. The quantitative estimate of drug-likeness (QED) is 0.546. The van der Waals surface area contributed by atoms with E-state index in [0.717, 1.165) is 5.56 Å². The third-order valence-corrected chi connectivity index (χ3v) is 3.81. The van der Waals surface area contributed by atoms with Gasteiger partial charge in [0.05, 0.1) is 23.6 Å². The summed E-state index contributed by atoms with van der Waals surface area (Å²) in [5, 5.41) is 0.903. The first-order valence-corrected chi connectivity index (χ1v) is 8.08. The number of rotatable bonds is 7. The minimum Gasteiger partial charge on any atom is -0.469 e. The molecule has 0 atom stereocenters. The molecule has 1 amide bonds. The van der Waals surface area contributed by atoms with Crippen molar-refractivity contribution in [1.82, 2.24) is 4.90 Å². The van der Waals surface area contributed by atoms with Crippen molar-refractivity contribution in [2.24, 2.45) is 5.92 Å². The molecule has 0 aliphatic carbocycles. The number of ether oxygens (including phenoxy) is 1. The number of carbonyl (C=O) groups is 2. The highest BCUT2D eigenvalue weighted by Crippen LogP contribution is 2.23. The van der Waals surface area contributed by atoms with Crippen molar-refractivity contribution in [3.05, 3.63) is 39.9 Å². The smallest absolute Gasteiger partial charge is 0.307 e. The van der Waals surface area contributed by atoms with E-state index in [2.05, 4.69) is 4.74 Å². The first kappa shape index (κ1) is 19.5. The van der Waals surface area contributed by atoms with Gasteiger partial charge < -0.3 is 9.64 Å². The summed E-state index contributed by atoms with van der Waals surface area (Å²) in [4.78, 5) is 25.2. The summed E-state index contributed by atoms with van der Waals surface area (Å²) in [6.45, 7) is 4.93. The average molecular weight is 358 g/mol. The minimum absolute atomic E-state index is 0.159. The van der Waals surface area contributed by atoms with E-state index < -0.39 is 0 Å². The van der Waals surface area contributed by atoms with Crippen LogP contribution in [-0.2, 0) is 14.3 Å². The molecule has 4 nitrogen and oxygen atoms in total. The largest absolute Gasteiger partial charge is 0.469 e. The Hall–Kier alpha value is -1.52. The molecule has 1 aromatic carbocycles. The van der Waals surface area contributed by atoms with Crippen LogP contribution < -0.4 is 0 Å². The lowest BCUT2D eigenvalue weighted by Crippen LogP contribution is -2.34. The number of nitrogens with zero attached hydrogens (tertiary/aromatic N) is 1. The first-order valence-electron chi connectivity index (χ1n) is 7.32. The van der Waals surface area contributed by atoms with Gasteiger partial charge in [0.2, 0.25) is 5.91 Å². The second-order valence-corrected chi connectivity index (χ2v) is 6.33. The fourth-order valence-electron chi connectivity index (χ4n) is 1.95. The van der Waals surface area contributed by atoms with Crippen molar-refractivity contribution >= 4 is 41.2 Å². The van der Waals surface area contributed by atoms with Gasteiger partial charge >= 0.3 is 5.97 Å². The topological polar surface area (TPSA) is 46.6 Å². The van der Waals surface area contributed by atoms with Gasteiger partial charge in [-0.25, -0.2) is 0 Å². The molecule has 0 radical (unpaired) electrons. The lowest BCUT2D eigenvalue weighted by molar-refractivity contribution is -0.141. The molecule has 0 unspecified atom stereocenters. The van der Waals surface area contributed by atoms with Crippen molar-refractivity contribution in [2.45, 2.75) is 20.3 Å². The van der Waals surface area contributed by atoms with Gasteiger partial charge in [-0.15, -0.1) is 0 Å². The zero-order valence-electron chi connectivity index (χ0n) is 13.5. The molecule has 0 aliphatic rings. The number of benzene rings is 1. The van der Waals surface area contributed by atoms with Crippen molar-refractivity contribution in [3.8, 4) is 0 Å². The zero-order chi connectivity index (χ0) is 17.4. The Morgan fingerprint density at radius 3 is 2.52 bits per heavy atom. The lowest BCUT2D eigenvalue weighted by atomic mass is 10.2. The van der Waals surface area contributed by atoms with Crippen LogP contribution >= 0.6 is 23.2 Å². The number of halogens is 2. The molecule has 0 fully saturated rings. The third kappa shape index (κ3) is 7.06. The van der Waals surface area contributed by atoms with Crippen LogP contribution in [0.15, 0.2) is 24.3 Å². The van der Waals surface area contributed by atoms with E-state index in [1.54, 1.807) is 29.2 Å². The monoisotopic (exact) mass is 357 g/mol. The van der Waals surface area contributed by atoms with E-state index >= 15 is 0 Å². The number of methoxy groups -OCH3 is 1. The number of carbonyl (C=O) groups excluding carboxylic acids is 2. The molecule has 0 aliphatic heterocycles. The predicted octanol–water partition coefficient (Wildman–Crippen LogP) is 4.05. The number of hydrogen-bond donors (Lipinski definition) is 0. The number of hydrogen-bond acceptors (Lipinski definition) is 3. The van der Waals surface area contributed by atoms with Gasteiger partial charge in [0.15, 0.2) is 0 Å². The summed E-state index contributed by atoms with van der Waals surface area (Å²) in [5.74, 6) is -0.191. The standard InChI is InChI=1S/C17H21Cl2NO3/c1-12(2)11-20(9-8-17(22)23-3)16(21)7-5-13-4-6-14(18)15(19)10-13/h4-7,10,12H,8-9,11H2,1-3H3. The maximum absolute atomic E-state index is 12.3. The van der Waals surface area contributed by atoms with E-state index in [1.807, 2.05) is 13.8 Å². The van der Waals surface area contributed by atoms with E-state index in [9.17, 15) is 9.59 Å². The lowest BCUT2D eigenvalue weighted by Gasteiger charge is -2.22. The Kier molecular flexibility index (Phi) is 8.13. The van der Waals surface area contributed by atoms with Crippen molar-refractivity contribution in [3.63, 3.8) is 0 Å². The molecule has 0 heterocycles. The Bertz CT molecular complexity index is 585. The van der Waals surface area contributed by atoms with Gasteiger partial charge in [-0.3, -0.25) is 9.59 Å². The molecule has 0 saturated carbocycles. The van der Waals surface area contributed by atoms with Gasteiger partial charge in [-0.1, -0.05) is 43.1 Å². The molecule has 23 heavy (non-hydrogen) atoms. The maximum atomic E-state index is 12.3. The second kappa shape index (κ2) is 9.58. The van der Waals surface area contributed by atoms with Gasteiger partial charge in [-0.2, -0.15) is 0 Å². The van der Waals surface area contributed by atoms with E-state index in [-0.39, 0.29) is 18.3 Å². The fraction of sp³-hybridized carbons (Fsp3) is 0.412. The summed E-state index contributed by atoms with van der Waals surface area (Å²) in [5.41, 5.74) is 0.783. The minimum atomic E-state index is -0.333. The van der Waals surface area contributed by atoms with E-state index in [4.69, 9.17) is 23.2 Å². The average Bonchev–Trinajstić information content (AvgIpc) is 2.51. The molecular formula is C17H21Cl2NO3. The molecule has 1 rings (SSSR count). The van der Waals surface area contributed by atoms with Crippen LogP contribution in [0.2, 0.25) is 10.0 Å². The van der Waals surface area contributed by atoms with Crippen LogP contribution in [0.3, 0.4) is 0 Å². The van der Waals surface area contributed by atoms with Gasteiger partial charge in [0.1, 0.15) is 0 Å². The van der Waals surface area contributed by atoms with Crippen molar-refractivity contribution < 1.29 is 14.3 Å². The van der Waals surface area contributed by atoms with Crippen LogP contribution in [0.25, 0.3) is 6.08 Å². The fourth-order valence-corrected chi connectivity index (χ4v) is 2.26. The van der Waals surface area contributed by atoms with Crippen LogP contribution in [0.4, 0.5) is 0 Å². The summed E-state index contributed by atoms with van der Waals surface area (Å²) in [7, 11) is 1.33. The highest BCUT2D eigenvalue weighted by atomic mass is 35.5. The second-order valence-electron chi connectivity index (χ2n) is 5.51. The van der Waals surface area contributed by atoms with Crippen LogP contribution in [0.1, 0.15) is 25.8 Å². The molecule has 0 bridgehead atoms. The van der Waals surface area contributed by atoms with Crippen molar-refractivity contribution in [1.29, 1.82) is 0 Å². The molecule has 6 heteroatoms. The highest BCUT2D eigenvalue weighted by Gasteiger charge is 2.14. The van der Waals surface area contributed by atoms with E-state index in [0.29, 0.717) is 29.1 Å². The van der Waals surface area contributed by atoms with Crippen LogP contribution in [-0.4, -0.2) is 37.0 Å². The molecule has 0 saturated heterocycles. The Morgan fingerprint density at radius 2 is 1.96 bits per heavy atom. The molecule has 0 N–H and O–H groups in total. The summed E-state index contributed by atoms with van der Waals surface area (Å²) >= 11 is 11.8. The molecule has 1 aromatic rings. The molecule has 0 spiro atoms. The molecular weight excluding hydrogens is 337 g/mol. The predicted molar refractivity (Wildman–Crippen MR) is 93.5 cm³/mol. The third-order valence-electron chi connectivity index (χ3n) is 3.07. The van der Waals surface area contributed by atoms with Crippen molar-refractivity contribution in [2.75, 3.05) is 20.2 Å². The normalized spacial score (nSPS) is 11.0.